The molecule has 0 spiro atoms. The molecule has 0 saturated heterocycles. The predicted octanol–water partition coefficient (Wildman–Crippen LogP) is 2.80. The minimum Gasteiger partial charge on any atom is -0.467 e. The van der Waals surface area contributed by atoms with Gasteiger partial charge < -0.3 is 14.5 Å². The average molecular weight is 340 g/mol. The predicted molar refractivity (Wildman–Crippen MR) is 77.6 cm³/mol. The zero-order valence-corrected chi connectivity index (χ0v) is 12.9. The van der Waals surface area contributed by atoms with Gasteiger partial charge in [-0.05, 0) is 32.0 Å². The molecule has 1 aromatic heterocycles. The highest BCUT2D eigenvalue weighted by Crippen LogP contribution is 2.28. The molecule has 6 heteroatoms. The van der Waals surface area contributed by atoms with Crippen molar-refractivity contribution in [3.05, 3.63) is 34.0 Å². The molecule has 0 radical (unpaired) electrons. The highest BCUT2D eigenvalue weighted by molar-refractivity contribution is 9.10. The van der Waals surface area contributed by atoms with E-state index in [2.05, 4.69) is 26.0 Å². The molecule has 1 N–H and O–H groups in total. The lowest BCUT2D eigenvalue weighted by Gasteiger charge is -2.10. The van der Waals surface area contributed by atoms with Crippen molar-refractivity contribution in [3.8, 4) is 0 Å². The van der Waals surface area contributed by atoms with E-state index in [-0.39, 0.29) is 5.76 Å². The van der Waals surface area contributed by atoms with Crippen molar-refractivity contribution < 1.29 is 18.7 Å². The molecule has 1 unspecified atom stereocenters. The standard InChI is InChI=1S/C14H14BrNO4/c1-7-10-6-9(15)4-5-11(10)20-12(7)13(17)16-8(2)14(18)19-3/h4-6,8H,1-3H3,(H,16,17). The van der Waals surface area contributed by atoms with Crippen molar-refractivity contribution in [2.45, 2.75) is 19.9 Å². The number of nitrogens with one attached hydrogen (secondary N) is 1. The van der Waals surface area contributed by atoms with E-state index in [1.165, 1.54) is 7.11 Å². The molecule has 1 atom stereocenters. The van der Waals surface area contributed by atoms with Crippen LogP contribution in [-0.2, 0) is 9.53 Å². The van der Waals surface area contributed by atoms with Crippen molar-refractivity contribution in [2.24, 2.45) is 0 Å². The van der Waals surface area contributed by atoms with Gasteiger partial charge in [-0.2, -0.15) is 0 Å². The number of hydrogen-bond acceptors (Lipinski definition) is 4. The van der Waals surface area contributed by atoms with Gasteiger partial charge in [0, 0.05) is 15.4 Å². The quantitative estimate of drug-likeness (QED) is 0.873. The molecule has 0 aliphatic rings. The molecule has 0 aliphatic heterocycles. The summed E-state index contributed by atoms with van der Waals surface area (Å²) in [4.78, 5) is 23.4. The maximum absolute atomic E-state index is 12.1. The van der Waals surface area contributed by atoms with E-state index < -0.39 is 17.9 Å². The summed E-state index contributed by atoms with van der Waals surface area (Å²) in [6.45, 7) is 3.36. The van der Waals surface area contributed by atoms with E-state index in [1.807, 2.05) is 12.1 Å². The Bertz CT molecular complexity index is 677. The lowest BCUT2D eigenvalue weighted by molar-refractivity contribution is -0.142. The van der Waals surface area contributed by atoms with E-state index in [4.69, 9.17) is 4.42 Å². The number of fused-ring (bicyclic) bond motifs is 1. The second-order valence-corrected chi connectivity index (χ2v) is 5.33. The number of carbonyl (C=O) groups is 2. The Kier molecular flexibility index (Phi) is 4.13. The smallest absolute Gasteiger partial charge is 0.328 e. The fourth-order valence-corrected chi connectivity index (χ4v) is 2.27. The van der Waals surface area contributed by atoms with Gasteiger partial charge in [-0.15, -0.1) is 0 Å². The minimum atomic E-state index is -0.730. The number of benzene rings is 1. The Morgan fingerprint density at radius 1 is 1.40 bits per heavy atom. The Balaban J connectivity index is 2.31. The van der Waals surface area contributed by atoms with Crippen LogP contribution in [0.5, 0.6) is 0 Å². The van der Waals surface area contributed by atoms with Gasteiger partial charge in [-0.1, -0.05) is 15.9 Å². The number of furan rings is 1. The first-order valence-electron chi connectivity index (χ1n) is 6.01. The summed E-state index contributed by atoms with van der Waals surface area (Å²) in [5.41, 5.74) is 1.36. The van der Waals surface area contributed by atoms with Gasteiger partial charge in [0.2, 0.25) is 0 Å². The van der Waals surface area contributed by atoms with Gasteiger partial charge >= 0.3 is 5.97 Å². The molecule has 2 rings (SSSR count). The number of hydrogen-bond donors (Lipinski definition) is 1. The molecular weight excluding hydrogens is 326 g/mol. The fourth-order valence-electron chi connectivity index (χ4n) is 1.91. The van der Waals surface area contributed by atoms with Crippen LogP contribution in [0.2, 0.25) is 0 Å². The topological polar surface area (TPSA) is 68.5 Å². The molecular formula is C14H14BrNO4. The van der Waals surface area contributed by atoms with Gasteiger partial charge in [0.05, 0.1) is 7.11 Å². The van der Waals surface area contributed by atoms with Crippen LogP contribution in [0.25, 0.3) is 11.0 Å². The third-order valence-electron chi connectivity index (χ3n) is 3.01. The number of ether oxygens (including phenoxy) is 1. The van der Waals surface area contributed by atoms with Crippen molar-refractivity contribution >= 4 is 38.8 Å². The van der Waals surface area contributed by atoms with Crippen molar-refractivity contribution in [3.63, 3.8) is 0 Å². The zero-order chi connectivity index (χ0) is 14.9. The van der Waals surface area contributed by atoms with Gasteiger partial charge in [-0.3, -0.25) is 4.79 Å². The van der Waals surface area contributed by atoms with E-state index in [1.54, 1.807) is 19.9 Å². The number of carbonyl (C=O) groups excluding carboxylic acids is 2. The van der Waals surface area contributed by atoms with Gasteiger partial charge in [-0.25, -0.2) is 4.79 Å². The molecule has 0 bridgehead atoms. The second-order valence-electron chi connectivity index (χ2n) is 4.41. The summed E-state index contributed by atoms with van der Waals surface area (Å²) in [5.74, 6) is -0.739. The summed E-state index contributed by atoms with van der Waals surface area (Å²) < 4.78 is 11.0. The van der Waals surface area contributed by atoms with Crippen LogP contribution in [0.3, 0.4) is 0 Å². The molecule has 5 nitrogen and oxygen atoms in total. The minimum absolute atomic E-state index is 0.203. The van der Waals surface area contributed by atoms with Crippen molar-refractivity contribution in [2.75, 3.05) is 7.11 Å². The van der Waals surface area contributed by atoms with Crippen LogP contribution in [0.4, 0.5) is 0 Å². The van der Waals surface area contributed by atoms with E-state index in [0.29, 0.717) is 5.58 Å². The summed E-state index contributed by atoms with van der Waals surface area (Å²) >= 11 is 3.38. The number of rotatable bonds is 3. The number of halogens is 1. The van der Waals surface area contributed by atoms with E-state index in [0.717, 1.165) is 15.4 Å². The first-order chi connectivity index (χ1) is 9.43. The third kappa shape index (κ3) is 2.70. The fraction of sp³-hybridized carbons (Fsp3) is 0.286. The van der Waals surface area contributed by atoms with E-state index in [9.17, 15) is 9.59 Å². The number of aryl methyl sites for hydroxylation is 1. The molecule has 1 aromatic carbocycles. The van der Waals surface area contributed by atoms with Crippen LogP contribution in [0, 0.1) is 6.92 Å². The lowest BCUT2D eigenvalue weighted by atomic mass is 10.1. The Morgan fingerprint density at radius 2 is 2.10 bits per heavy atom. The summed E-state index contributed by atoms with van der Waals surface area (Å²) in [5, 5.41) is 3.40. The maximum Gasteiger partial charge on any atom is 0.328 e. The van der Waals surface area contributed by atoms with Crippen LogP contribution in [0.15, 0.2) is 27.1 Å². The van der Waals surface area contributed by atoms with Crippen molar-refractivity contribution in [1.29, 1.82) is 0 Å². The molecule has 106 valence electrons. The summed E-state index contributed by atoms with van der Waals surface area (Å²) in [7, 11) is 1.27. The average Bonchev–Trinajstić information content (AvgIpc) is 2.75. The van der Waals surface area contributed by atoms with Gasteiger partial charge in [0.25, 0.3) is 5.91 Å². The van der Waals surface area contributed by atoms with E-state index >= 15 is 0 Å². The van der Waals surface area contributed by atoms with Crippen molar-refractivity contribution in [1.82, 2.24) is 5.32 Å². The molecule has 0 aliphatic carbocycles. The number of esters is 1. The van der Waals surface area contributed by atoms with Gasteiger partial charge in [0.15, 0.2) is 5.76 Å². The lowest BCUT2D eigenvalue weighted by Crippen LogP contribution is -2.39. The monoisotopic (exact) mass is 339 g/mol. The molecule has 0 saturated carbocycles. The Hall–Kier alpha value is -1.82. The molecule has 20 heavy (non-hydrogen) atoms. The molecule has 2 aromatic rings. The van der Waals surface area contributed by atoms with Crippen LogP contribution in [-0.4, -0.2) is 25.0 Å². The first-order valence-corrected chi connectivity index (χ1v) is 6.80. The Labute approximate surface area is 124 Å². The number of amides is 1. The molecule has 1 amide bonds. The Morgan fingerprint density at radius 3 is 2.75 bits per heavy atom. The van der Waals surface area contributed by atoms with Crippen LogP contribution in [0.1, 0.15) is 23.0 Å². The second kappa shape index (κ2) is 5.66. The number of methoxy groups -OCH3 is 1. The van der Waals surface area contributed by atoms with Gasteiger partial charge in [0.1, 0.15) is 11.6 Å². The highest BCUT2D eigenvalue weighted by atomic mass is 79.9. The SMILES string of the molecule is COC(=O)C(C)NC(=O)c1oc2ccc(Br)cc2c1C. The first kappa shape index (κ1) is 14.6. The zero-order valence-electron chi connectivity index (χ0n) is 11.3. The molecule has 1 heterocycles. The maximum atomic E-state index is 12.1. The largest absolute Gasteiger partial charge is 0.467 e. The highest BCUT2D eigenvalue weighted by Gasteiger charge is 2.22. The van der Waals surface area contributed by atoms with Crippen LogP contribution < -0.4 is 5.32 Å². The normalized spacial score (nSPS) is 12.2. The summed E-state index contributed by atoms with van der Waals surface area (Å²) in [6.07, 6.45) is 0. The van der Waals surface area contributed by atoms with Crippen LogP contribution >= 0.6 is 15.9 Å². The molecule has 0 fully saturated rings. The summed E-state index contributed by atoms with van der Waals surface area (Å²) in [6, 6.07) is 4.78. The third-order valence-corrected chi connectivity index (χ3v) is 3.50.